The van der Waals surface area contributed by atoms with Crippen molar-refractivity contribution in [2.75, 3.05) is 0 Å². The number of halogens is 1. The lowest BCUT2D eigenvalue weighted by Gasteiger charge is -2.10. The predicted octanol–water partition coefficient (Wildman–Crippen LogP) is 3.66. The van der Waals surface area contributed by atoms with E-state index in [9.17, 15) is 8.42 Å². The maximum Gasteiger partial charge on any atom is 0.269 e. The van der Waals surface area contributed by atoms with Crippen LogP contribution in [0.1, 0.15) is 25.3 Å². The van der Waals surface area contributed by atoms with Gasteiger partial charge in [0.2, 0.25) is 0 Å². The molecule has 0 aromatic carbocycles. The third-order valence-corrected chi connectivity index (χ3v) is 5.59. The van der Waals surface area contributed by atoms with Crippen LogP contribution in [0.15, 0.2) is 41.6 Å². The highest BCUT2D eigenvalue weighted by molar-refractivity contribution is 7.94. The van der Waals surface area contributed by atoms with Crippen molar-refractivity contribution < 1.29 is 8.42 Å². The Kier molecular flexibility index (Phi) is 3.63. The smallest absolute Gasteiger partial charge is 0.237 e. The van der Waals surface area contributed by atoms with Crippen LogP contribution in [0.25, 0.3) is 11.0 Å². The van der Waals surface area contributed by atoms with Crippen LogP contribution in [0, 0.1) is 0 Å². The summed E-state index contributed by atoms with van der Waals surface area (Å²) in [6.45, 7) is 1.97. The Labute approximate surface area is 128 Å². The number of pyridine rings is 1. The van der Waals surface area contributed by atoms with Gasteiger partial charge in [0.05, 0.1) is 9.93 Å². The standard InChI is InChI=1S/C15H15ClN2O2S/c1-2-11-10-18(15-14(11)13(16)8-9-17-15)21(19,20)12-6-4-3-5-7-12/h4,6-10H,2-3,5H2,1H3. The molecule has 0 spiro atoms. The summed E-state index contributed by atoms with van der Waals surface area (Å²) in [6.07, 6.45) is 10.7. The minimum Gasteiger partial charge on any atom is -0.237 e. The lowest BCUT2D eigenvalue weighted by molar-refractivity contribution is 0.595. The van der Waals surface area contributed by atoms with Gasteiger partial charge in [0, 0.05) is 17.8 Å². The van der Waals surface area contributed by atoms with Crippen LogP contribution in [0.2, 0.25) is 5.02 Å². The lowest BCUT2D eigenvalue weighted by atomic mass is 10.2. The fourth-order valence-electron chi connectivity index (χ4n) is 2.50. The molecule has 110 valence electrons. The second-order valence-electron chi connectivity index (χ2n) is 4.89. The monoisotopic (exact) mass is 322 g/mol. The predicted molar refractivity (Wildman–Crippen MR) is 84.9 cm³/mol. The van der Waals surface area contributed by atoms with E-state index in [4.69, 9.17) is 11.6 Å². The first-order valence-electron chi connectivity index (χ1n) is 6.82. The second-order valence-corrected chi connectivity index (χ2v) is 7.11. The SMILES string of the molecule is CCc1cn(S(=O)(=O)C2=CCCC=C2)c2nccc(Cl)c12. The Bertz CT molecular complexity index is 863. The average Bonchev–Trinajstić information content (AvgIpc) is 2.89. The quantitative estimate of drug-likeness (QED) is 0.866. The molecule has 3 rings (SSSR count). The van der Waals surface area contributed by atoms with Crippen molar-refractivity contribution in [3.05, 3.63) is 52.2 Å². The number of hydrogen-bond acceptors (Lipinski definition) is 3. The zero-order valence-electron chi connectivity index (χ0n) is 11.6. The largest absolute Gasteiger partial charge is 0.269 e. The molecule has 1 aliphatic carbocycles. The molecule has 4 nitrogen and oxygen atoms in total. The summed E-state index contributed by atoms with van der Waals surface area (Å²) in [5.41, 5.74) is 1.27. The van der Waals surface area contributed by atoms with Gasteiger partial charge in [-0.15, -0.1) is 0 Å². The van der Waals surface area contributed by atoms with E-state index in [1.807, 2.05) is 13.0 Å². The molecule has 2 aromatic rings. The van der Waals surface area contributed by atoms with E-state index in [-0.39, 0.29) is 0 Å². The molecule has 0 fully saturated rings. The van der Waals surface area contributed by atoms with Crippen molar-refractivity contribution in [1.82, 2.24) is 8.96 Å². The number of allylic oxidation sites excluding steroid dienone is 3. The first-order valence-corrected chi connectivity index (χ1v) is 8.64. The van der Waals surface area contributed by atoms with Crippen LogP contribution in [-0.2, 0) is 16.4 Å². The van der Waals surface area contributed by atoms with Crippen LogP contribution in [0.5, 0.6) is 0 Å². The van der Waals surface area contributed by atoms with Crippen LogP contribution in [-0.4, -0.2) is 17.4 Å². The van der Waals surface area contributed by atoms with Gasteiger partial charge in [-0.05, 0) is 37.0 Å². The number of aromatic nitrogens is 2. The summed E-state index contributed by atoms with van der Waals surface area (Å²) in [7, 11) is -3.62. The fraction of sp³-hybridized carbons (Fsp3) is 0.267. The van der Waals surface area contributed by atoms with Gasteiger partial charge >= 0.3 is 0 Å². The van der Waals surface area contributed by atoms with Crippen molar-refractivity contribution >= 4 is 32.7 Å². The van der Waals surface area contributed by atoms with Crippen LogP contribution < -0.4 is 0 Å². The van der Waals surface area contributed by atoms with E-state index >= 15 is 0 Å². The molecule has 0 atom stereocenters. The summed E-state index contributed by atoms with van der Waals surface area (Å²) in [5.74, 6) is 0. The molecule has 0 N–H and O–H groups in total. The number of fused-ring (bicyclic) bond motifs is 1. The van der Waals surface area contributed by atoms with E-state index in [1.165, 1.54) is 10.2 Å². The van der Waals surface area contributed by atoms with Crippen molar-refractivity contribution in [1.29, 1.82) is 0 Å². The van der Waals surface area contributed by atoms with Crippen molar-refractivity contribution in [3.63, 3.8) is 0 Å². The normalized spacial score (nSPS) is 15.4. The molecule has 0 saturated heterocycles. The molecular formula is C15H15ClN2O2S. The first-order chi connectivity index (χ1) is 10.1. The van der Waals surface area contributed by atoms with Crippen LogP contribution in [0.4, 0.5) is 0 Å². The Hall–Kier alpha value is -1.59. The highest BCUT2D eigenvalue weighted by atomic mass is 35.5. The summed E-state index contributed by atoms with van der Waals surface area (Å²) >= 11 is 6.21. The van der Waals surface area contributed by atoms with Crippen LogP contribution >= 0.6 is 11.6 Å². The van der Waals surface area contributed by atoms with E-state index in [2.05, 4.69) is 4.98 Å². The summed E-state index contributed by atoms with van der Waals surface area (Å²) in [6, 6.07) is 1.68. The van der Waals surface area contributed by atoms with Crippen molar-refractivity contribution in [3.8, 4) is 0 Å². The lowest BCUT2D eigenvalue weighted by Crippen LogP contribution is -2.14. The highest BCUT2D eigenvalue weighted by Crippen LogP contribution is 2.30. The molecule has 2 heterocycles. The number of aryl methyl sites for hydroxylation is 1. The molecule has 6 heteroatoms. The highest BCUT2D eigenvalue weighted by Gasteiger charge is 2.24. The minimum atomic E-state index is -3.62. The topological polar surface area (TPSA) is 52.0 Å². The molecule has 2 aromatic heterocycles. The van der Waals surface area contributed by atoms with Gasteiger partial charge in [-0.25, -0.2) is 17.4 Å². The second kappa shape index (κ2) is 5.31. The van der Waals surface area contributed by atoms with Gasteiger partial charge in [-0.3, -0.25) is 0 Å². The molecule has 0 saturated carbocycles. The molecule has 21 heavy (non-hydrogen) atoms. The average molecular weight is 323 g/mol. The van der Waals surface area contributed by atoms with Crippen molar-refractivity contribution in [2.24, 2.45) is 0 Å². The molecule has 0 aliphatic heterocycles. The van der Waals surface area contributed by atoms with E-state index in [0.29, 0.717) is 27.4 Å². The molecule has 0 radical (unpaired) electrons. The van der Waals surface area contributed by atoms with E-state index in [0.717, 1.165) is 18.4 Å². The summed E-state index contributed by atoms with van der Waals surface area (Å²) in [5, 5.41) is 1.24. The Morgan fingerprint density at radius 2 is 2.19 bits per heavy atom. The van der Waals surface area contributed by atoms with E-state index < -0.39 is 10.0 Å². The maximum atomic E-state index is 12.8. The zero-order valence-corrected chi connectivity index (χ0v) is 13.2. The first kappa shape index (κ1) is 14.4. The molecule has 0 unspecified atom stereocenters. The van der Waals surface area contributed by atoms with Gasteiger partial charge in [-0.1, -0.05) is 30.7 Å². The van der Waals surface area contributed by atoms with Gasteiger partial charge in [-0.2, -0.15) is 0 Å². The number of rotatable bonds is 3. The van der Waals surface area contributed by atoms with Gasteiger partial charge in [0.25, 0.3) is 10.0 Å². The molecule has 0 bridgehead atoms. The third kappa shape index (κ3) is 2.30. The minimum absolute atomic E-state index is 0.315. The third-order valence-electron chi connectivity index (χ3n) is 3.58. The Balaban J connectivity index is 2.28. The van der Waals surface area contributed by atoms with E-state index in [1.54, 1.807) is 24.4 Å². The number of nitrogens with zero attached hydrogens (tertiary/aromatic N) is 2. The summed E-state index contributed by atoms with van der Waals surface area (Å²) in [4.78, 5) is 4.53. The van der Waals surface area contributed by atoms with Crippen LogP contribution in [0.3, 0.4) is 0 Å². The number of hydrogen-bond donors (Lipinski definition) is 0. The zero-order chi connectivity index (χ0) is 15.0. The van der Waals surface area contributed by atoms with Gasteiger partial charge in [0.15, 0.2) is 5.65 Å². The Morgan fingerprint density at radius 3 is 2.86 bits per heavy atom. The van der Waals surface area contributed by atoms with Crippen molar-refractivity contribution in [2.45, 2.75) is 26.2 Å². The molecule has 0 amide bonds. The Morgan fingerprint density at radius 1 is 1.38 bits per heavy atom. The maximum absolute atomic E-state index is 12.8. The molecule has 1 aliphatic rings. The van der Waals surface area contributed by atoms with Gasteiger partial charge < -0.3 is 0 Å². The van der Waals surface area contributed by atoms with Gasteiger partial charge in [0.1, 0.15) is 0 Å². The summed E-state index contributed by atoms with van der Waals surface area (Å²) < 4.78 is 26.8. The molecular weight excluding hydrogens is 308 g/mol. The fourth-order valence-corrected chi connectivity index (χ4v) is 4.22.